The van der Waals surface area contributed by atoms with E-state index < -0.39 is 0 Å². The molecule has 2 saturated heterocycles. The first-order valence-electron chi connectivity index (χ1n) is 8.49. The molecule has 3 aliphatic rings. The highest BCUT2D eigenvalue weighted by atomic mass is 15.2. The van der Waals surface area contributed by atoms with Crippen LogP contribution in [0, 0.1) is 0 Å². The van der Waals surface area contributed by atoms with Gasteiger partial charge in [0.25, 0.3) is 0 Å². The van der Waals surface area contributed by atoms with Gasteiger partial charge in [0, 0.05) is 12.1 Å². The zero-order chi connectivity index (χ0) is 13.4. The normalized spacial score (nSPS) is 28.9. The molecule has 108 valence electrons. The van der Waals surface area contributed by atoms with Gasteiger partial charge in [0.15, 0.2) is 0 Å². The smallest absolute Gasteiger partial charge is 0.0354 e. The van der Waals surface area contributed by atoms with Crippen LogP contribution < -0.4 is 5.32 Å². The lowest BCUT2D eigenvalue weighted by Crippen LogP contribution is -2.42. The zero-order valence-corrected chi connectivity index (χ0v) is 12.4. The second-order valence-electron chi connectivity index (χ2n) is 6.78. The van der Waals surface area contributed by atoms with Gasteiger partial charge in [-0.25, -0.2) is 0 Å². The van der Waals surface area contributed by atoms with Gasteiger partial charge in [0.2, 0.25) is 0 Å². The van der Waals surface area contributed by atoms with Crippen LogP contribution in [0.5, 0.6) is 0 Å². The summed E-state index contributed by atoms with van der Waals surface area (Å²) in [5.41, 5.74) is 3.32. The van der Waals surface area contributed by atoms with Gasteiger partial charge >= 0.3 is 0 Å². The Morgan fingerprint density at radius 3 is 2.40 bits per heavy atom. The average molecular weight is 270 g/mol. The second kappa shape index (κ2) is 5.50. The first-order valence-corrected chi connectivity index (χ1v) is 8.49. The highest BCUT2D eigenvalue weighted by Crippen LogP contribution is 2.46. The lowest BCUT2D eigenvalue weighted by Gasteiger charge is -2.36. The summed E-state index contributed by atoms with van der Waals surface area (Å²) in [7, 11) is 0. The van der Waals surface area contributed by atoms with Gasteiger partial charge in [-0.05, 0) is 75.2 Å². The van der Waals surface area contributed by atoms with E-state index in [1.807, 2.05) is 0 Å². The fourth-order valence-electron chi connectivity index (χ4n) is 4.28. The van der Waals surface area contributed by atoms with Crippen LogP contribution in [0.4, 0.5) is 0 Å². The fraction of sp³-hybridized carbons (Fsp3) is 0.667. The van der Waals surface area contributed by atoms with Crippen LogP contribution in [0.1, 0.15) is 61.6 Å². The Kier molecular flexibility index (Phi) is 3.53. The van der Waals surface area contributed by atoms with Crippen molar-refractivity contribution in [2.24, 2.45) is 0 Å². The molecular formula is C18H26N2. The largest absolute Gasteiger partial charge is 0.317 e. The van der Waals surface area contributed by atoms with Crippen LogP contribution in [-0.4, -0.2) is 30.6 Å². The van der Waals surface area contributed by atoms with Crippen LogP contribution in [0.15, 0.2) is 24.3 Å². The van der Waals surface area contributed by atoms with E-state index in [2.05, 4.69) is 34.5 Å². The van der Waals surface area contributed by atoms with Gasteiger partial charge in [-0.15, -0.1) is 0 Å². The Bertz CT molecular complexity index is 460. The van der Waals surface area contributed by atoms with E-state index in [0.717, 1.165) is 12.0 Å². The molecule has 1 atom stereocenters. The molecule has 4 rings (SSSR count). The number of hydrogen-bond acceptors (Lipinski definition) is 2. The summed E-state index contributed by atoms with van der Waals surface area (Å²) in [5, 5.41) is 3.51. The highest BCUT2D eigenvalue weighted by Gasteiger charge is 2.35. The lowest BCUT2D eigenvalue weighted by atomic mass is 9.94. The monoisotopic (exact) mass is 270 g/mol. The Labute approximate surface area is 122 Å². The maximum atomic E-state index is 3.51. The van der Waals surface area contributed by atoms with Crippen molar-refractivity contribution < 1.29 is 0 Å². The third-order valence-corrected chi connectivity index (χ3v) is 5.44. The molecule has 0 bridgehead atoms. The predicted octanol–water partition coefficient (Wildman–Crippen LogP) is 3.45. The van der Waals surface area contributed by atoms with Crippen LogP contribution in [0.25, 0.3) is 0 Å². The molecule has 3 fully saturated rings. The summed E-state index contributed by atoms with van der Waals surface area (Å²) in [6, 6.07) is 10.8. The molecular weight excluding hydrogens is 244 g/mol. The zero-order valence-electron chi connectivity index (χ0n) is 12.4. The molecule has 2 heteroatoms. The molecule has 1 aromatic rings. The molecule has 2 aliphatic heterocycles. The highest BCUT2D eigenvalue weighted by molar-refractivity contribution is 5.36. The van der Waals surface area contributed by atoms with E-state index in [1.165, 1.54) is 58.2 Å². The summed E-state index contributed by atoms with van der Waals surface area (Å²) < 4.78 is 0. The van der Waals surface area contributed by atoms with E-state index in [4.69, 9.17) is 0 Å². The van der Waals surface area contributed by atoms with Crippen LogP contribution in [0.3, 0.4) is 0 Å². The van der Waals surface area contributed by atoms with E-state index >= 15 is 0 Å². The topological polar surface area (TPSA) is 15.3 Å². The molecule has 1 aliphatic carbocycles. The van der Waals surface area contributed by atoms with Crippen molar-refractivity contribution in [1.82, 2.24) is 10.2 Å². The number of piperidine rings is 1. The second-order valence-corrected chi connectivity index (χ2v) is 6.78. The van der Waals surface area contributed by atoms with Crippen molar-refractivity contribution in [2.75, 3.05) is 19.6 Å². The lowest BCUT2D eigenvalue weighted by molar-refractivity contribution is 0.147. The van der Waals surface area contributed by atoms with Gasteiger partial charge in [0.05, 0.1) is 0 Å². The Hall–Kier alpha value is -0.860. The predicted molar refractivity (Wildman–Crippen MR) is 83.0 cm³/mol. The molecule has 1 N–H and O–H groups in total. The number of hydrogen-bond donors (Lipinski definition) is 1. The molecule has 0 amide bonds. The van der Waals surface area contributed by atoms with E-state index in [-0.39, 0.29) is 0 Å². The van der Waals surface area contributed by atoms with Gasteiger partial charge in [-0.1, -0.05) is 24.3 Å². The van der Waals surface area contributed by atoms with Crippen molar-refractivity contribution in [2.45, 2.75) is 56.5 Å². The molecule has 2 heterocycles. The summed E-state index contributed by atoms with van der Waals surface area (Å²) in [6.07, 6.45) is 8.25. The quantitative estimate of drug-likeness (QED) is 0.905. The Morgan fingerprint density at radius 1 is 0.900 bits per heavy atom. The van der Waals surface area contributed by atoms with Gasteiger partial charge in [-0.3, -0.25) is 4.90 Å². The van der Waals surface area contributed by atoms with Crippen molar-refractivity contribution in [3.05, 3.63) is 35.4 Å². The Morgan fingerprint density at radius 2 is 1.65 bits per heavy atom. The fourth-order valence-corrected chi connectivity index (χ4v) is 4.28. The van der Waals surface area contributed by atoms with Crippen molar-refractivity contribution >= 4 is 0 Å². The molecule has 2 nitrogen and oxygen atoms in total. The maximum absolute atomic E-state index is 3.51. The molecule has 1 saturated carbocycles. The van der Waals surface area contributed by atoms with Crippen LogP contribution in [0.2, 0.25) is 0 Å². The SMILES string of the molecule is c1ccc([C@@H]2CCCN2C2CCNCC2)c(C2CC2)c1. The van der Waals surface area contributed by atoms with Crippen LogP contribution in [-0.2, 0) is 0 Å². The summed E-state index contributed by atoms with van der Waals surface area (Å²) in [4.78, 5) is 2.84. The molecule has 20 heavy (non-hydrogen) atoms. The number of rotatable bonds is 3. The van der Waals surface area contributed by atoms with E-state index in [1.54, 1.807) is 11.1 Å². The first kappa shape index (κ1) is 12.8. The number of nitrogens with one attached hydrogen (secondary N) is 1. The number of nitrogens with zero attached hydrogens (tertiary/aromatic N) is 1. The third-order valence-electron chi connectivity index (χ3n) is 5.44. The number of likely N-dealkylation sites (tertiary alicyclic amines) is 1. The molecule has 0 unspecified atom stereocenters. The standard InChI is InChI=1S/C18H26N2/c1-2-5-17(16(4-1)14-7-8-14)18-6-3-13-20(18)15-9-11-19-12-10-15/h1-2,4-5,14-15,18-19H,3,6-13H2/t18-/m0/s1. The van der Waals surface area contributed by atoms with E-state index in [0.29, 0.717) is 6.04 Å². The van der Waals surface area contributed by atoms with Gasteiger partial charge in [-0.2, -0.15) is 0 Å². The minimum Gasteiger partial charge on any atom is -0.317 e. The van der Waals surface area contributed by atoms with Gasteiger partial charge < -0.3 is 5.32 Å². The van der Waals surface area contributed by atoms with Crippen molar-refractivity contribution in [1.29, 1.82) is 0 Å². The minimum atomic E-state index is 0.704. The first-order chi connectivity index (χ1) is 9.93. The van der Waals surface area contributed by atoms with E-state index in [9.17, 15) is 0 Å². The molecule has 1 aromatic carbocycles. The molecule has 0 aromatic heterocycles. The summed E-state index contributed by atoms with van der Waals surface area (Å²) in [5.74, 6) is 0.877. The maximum Gasteiger partial charge on any atom is 0.0354 e. The summed E-state index contributed by atoms with van der Waals surface area (Å²) >= 11 is 0. The van der Waals surface area contributed by atoms with Gasteiger partial charge in [0.1, 0.15) is 0 Å². The number of benzene rings is 1. The Balaban J connectivity index is 1.60. The van der Waals surface area contributed by atoms with Crippen molar-refractivity contribution in [3.8, 4) is 0 Å². The molecule has 0 radical (unpaired) electrons. The van der Waals surface area contributed by atoms with Crippen molar-refractivity contribution in [3.63, 3.8) is 0 Å². The van der Waals surface area contributed by atoms with Crippen LogP contribution >= 0.6 is 0 Å². The molecule has 0 spiro atoms. The minimum absolute atomic E-state index is 0.704. The average Bonchev–Trinajstić information content (AvgIpc) is 3.25. The third kappa shape index (κ3) is 2.40. The summed E-state index contributed by atoms with van der Waals surface area (Å²) in [6.45, 7) is 3.73.